The molecule has 1 unspecified atom stereocenters. The van der Waals surface area contributed by atoms with Gasteiger partial charge in [0.15, 0.2) is 0 Å². The number of hydrogen-bond acceptors (Lipinski definition) is 2. The zero-order valence-corrected chi connectivity index (χ0v) is 15.8. The predicted octanol–water partition coefficient (Wildman–Crippen LogP) is 4.67. The minimum absolute atomic E-state index is 0.154. The van der Waals surface area contributed by atoms with Crippen molar-refractivity contribution in [3.8, 4) is 6.07 Å². The van der Waals surface area contributed by atoms with Crippen LogP contribution < -0.4 is 0 Å². The molecule has 3 aliphatic rings. The Balaban J connectivity index is 1.41. The van der Waals surface area contributed by atoms with Gasteiger partial charge in [-0.15, -0.1) is 0 Å². The summed E-state index contributed by atoms with van der Waals surface area (Å²) in [7, 11) is 0. The molecule has 2 aliphatic heterocycles. The van der Waals surface area contributed by atoms with Crippen LogP contribution in [-0.2, 0) is 10.2 Å². The fourth-order valence-corrected chi connectivity index (χ4v) is 5.43. The van der Waals surface area contributed by atoms with Crippen molar-refractivity contribution >= 4 is 5.91 Å². The van der Waals surface area contributed by atoms with Gasteiger partial charge in [-0.2, -0.15) is 5.26 Å². The van der Waals surface area contributed by atoms with Crippen LogP contribution in [0.1, 0.15) is 61.1 Å². The molecule has 2 heterocycles. The van der Waals surface area contributed by atoms with Gasteiger partial charge >= 0.3 is 0 Å². The molecular formula is C24H23FN2O. The second kappa shape index (κ2) is 6.44. The van der Waals surface area contributed by atoms with Gasteiger partial charge in [-0.25, -0.2) is 4.39 Å². The molecule has 2 aromatic rings. The van der Waals surface area contributed by atoms with Gasteiger partial charge in [-0.3, -0.25) is 4.79 Å². The molecule has 28 heavy (non-hydrogen) atoms. The molecule has 5 rings (SSSR count). The Morgan fingerprint density at radius 2 is 1.75 bits per heavy atom. The summed E-state index contributed by atoms with van der Waals surface area (Å²) in [4.78, 5) is 15.7. The average Bonchev–Trinajstić information content (AvgIpc) is 3.49. The van der Waals surface area contributed by atoms with Crippen molar-refractivity contribution in [2.75, 3.05) is 0 Å². The minimum Gasteiger partial charge on any atom is -0.336 e. The van der Waals surface area contributed by atoms with Crippen LogP contribution >= 0.6 is 0 Å². The van der Waals surface area contributed by atoms with Crippen molar-refractivity contribution in [2.24, 2.45) is 0 Å². The SMILES string of the molecule is N#Cc1cc(F)cc(C2(C(=O)N3[C@@H]4CC[C@H]3CC(c3ccccc3)C4)CC2)c1. The zero-order valence-electron chi connectivity index (χ0n) is 15.8. The molecule has 2 aromatic carbocycles. The first kappa shape index (κ1) is 17.4. The van der Waals surface area contributed by atoms with Crippen molar-refractivity contribution in [3.63, 3.8) is 0 Å². The summed E-state index contributed by atoms with van der Waals surface area (Å²) in [5.41, 5.74) is 1.73. The first-order valence-electron chi connectivity index (χ1n) is 10.2. The number of nitrogens with zero attached hydrogens (tertiary/aromatic N) is 2. The van der Waals surface area contributed by atoms with E-state index in [-0.39, 0.29) is 18.0 Å². The first-order chi connectivity index (χ1) is 13.6. The van der Waals surface area contributed by atoms with E-state index in [1.165, 1.54) is 17.7 Å². The Bertz CT molecular complexity index is 946. The normalized spacial score (nSPS) is 27.3. The Kier molecular flexibility index (Phi) is 4.01. The van der Waals surface area contributed by atoms with E-state index in [0.29, 0.717) is 17.0 Å². The average molecular weight is 374 g/mol. The summed E-state index contributed by atoms with van der Waals surface area (Å²) in [5, 5.41) is 9.18. The lowest BCUT2D eigenvalue weighted by atomic mass is 9.83. The lowest BCUT2D eigenvalue weighted by molar-refractivity contribution is -0.138. The first-order valence-corrected chi connectivity index (χ1v) is 10.2. The number of carbonyl (C=O) groups excluding carboxylic acids is 1. The van der Waals surface area contributed by atoms with Gasteiger partial charge in [0.05, 0.1) is 17.0 Å². The minimum atomic E-state index is -0.617. The number of fused-ring (bicyclic) bond motifs is 2. The highest BCUT2D eigenvalue weighted by atomic mass is 19.1. The highest BCUT2D eigenvalue weighted by Crippen LogP contribution is 2.53. The van der Waals surface area contributed by atoms with Crippen LogP contribution in [0.5, 0.6) is 0 Å². The van der Waals surface area contributed by atoms with E-state index in [2.05, 4.69) is 29.2 Å². The summed E-state index contributed by atoms with van der Waals surface area (Å²) >= 11 is 0. The van der Waals surface area contributed by atoms with Crippen molar-refractivity contribution in [1.82, 2.24) is 4.90 Å². The van der Waals surface area contributed by atoms with Crippen molar-refractivity contribution in [1.29, 1.82) is 5.26 Å². The van der Waals surface area contributed by atoms with Gasteiger partial charge in [0.2, 0.25) is 5.91 Å². The number of nitriles is 1. The van der Waals surface area contributed by atoms with E-state index >= 15 is 0 Å². The second-order valence-electron chi connectivity index (χ2n) is 8.60. The Hall–Kier alpha value is -2.67. The quantitative estimate of drug-likeness (QED) is 0.784. The molecule has 0 spiro atoms. The molecule has 1 amide bonds. The molecule has 0 N–H and O–H groups in total. The highest BCUT2D eigenvalue weighted by Gasteiger charge is 2.57. The largest absolute Gasteiger partial charge is 0.336 e. The molecule has 3 nitrogen and oxygen atoms in total. The van der Waals surface area contributed by atoms with Crippen molar-refractivity contribution in [3.05, 3.63) is 71.0 Å². The van der Waals surface area contributed by atoms with Crippen LogP contribution in [0, 0.1) is 17.1 Å². The monoisotopic (exact) mass is 374 g/mol. The topological polar surface area (TPSA) is 44.1 Å². The molecule has 3 atom stereocenters. The van der Waals surface area contributed by atoms with Gasteiger partial charge < -0.3 is 4.90 Å². The summed E-state index contributed by atoms with van der Waals surface area (Å²) < 4.78 is 14.0. The number of amides is 1. The number of halogens is 1. The van der Waals surface area contributed by atoms with E-state index in [1.54, 1.807) is 6.07 Å². The van der Waals surface area contributed by atoms with Gasteiger partial charge in [-0.1, -0.05) is 30.3 Å². The number of carbonyl (C=O) groups is 1. The Labute approximate surface area is 164 Å². The zero-order chi connectivity index (χ0) is 19.3. The van der Waals surface area contributed by atoms with Crippen LogP contribution in [0.3, 0.4) is 0 Å². The summed E-state index contributed by atoms with van der Waals surface area (Å²) in [6.07, 6.45) is 5.63. The maximum Gasteiger partial charge on any atom is 0.233 e. The van der Waals surface area contributed by atoms with E-state index in [4.69, 9.17) is 0 Å². The molecule has 0 radical (unpaired) electrons. The number of hydrogen-bond donors (Lipinski definition) is 0. The fourth-order valence-electron chi connectivity index (χ4n) is 5.43. The van der Waals surface area contributed by atoms with E-state index in [9.17, 15) is 14.4 Å². The molecule has 142 valence electrons. The summed E-state index contributed by atoms with van der Waals surface area (Å²) in [6.45, 7) is 0. The predicted molar refractivity (Wildman–Crippen MR) is 104 cm³/mol. The lowest BCUT2D eigenvalue weighted by Gasteiger charge is -2.41. The van der Waals surface area contributed by atoms with Crippen molar-refractivity contribution < 1.29 is 9.18 Å². The molecule has 0 aromatic heterocycles. The van der Waals surface area contributed by atoms with Gasteiger partial charge in [0.1, 0.15) is 5.82 Å². The number of rotatable bonds is 3. The fraction of sp³-hybridized carbons (Fsp3) is 0.417. The summed E-state index contributed by atoms with van der Waals surface area (Å²) in [5.74, 6) is 0.233. The third kappa shape index (κ3) is 2.73. The van der Waals surface area contributed by atoms with Gasteiger partial charge in [0.25, 0.3) is 0 Å². The lowest BCUT2D eigenvalue weighted by Crippen LogP contribution is -2.50. The van der Waals surface area contributed by atoms with E-state index in [0.717, 1.165) is 38.5 Å². The molecular weight excluding hydrogens is 351 g/mol. The van der Waals surface area contributed by atoms with Crippen LogP contribution in [0.25, 0.3) is 0 Å². The molecule has 2 saturated heterocycles. The Morgan fingerprint density at radius 3 is 2.36 bits per heavy atom. The molecule has 4 heteroatoms. The van der Waals surface area contributed by atoms with Crippen LogP contribution in [-0.4, -0.2) is 22.9 Å². The third-order valence-electron chi connectivity index (χ3n) is 6.98. The molecule has 1 saturated carbocycles. The standard InChI is InChI=1S/C24H23FN2O/c25-20-11-16(15-26)10-19(14-20)24(8-9-24)23(28)27-21-6-7-22(27)13-18(12-21)17-4-2-1-3-5-17/h1-5,10-11,14,18,21-22H,6-9,12-13H2/t18?,21-,22+. The van der Waals surface area contributed by atoms with E-state index in [1.807, 2.05) is 12.1 Å². The maximum atomic E-state index is 14.0. The highest BCUT2D eigenvalue weighted by molar-refractivity contribution is 5.92. The van der Waals surface area contributed by atoms with Crippen LogP contribution in [0.4, 0.5) is 4.39 Å². The number of benzene rings is 2. The molecule has 2 bridgehead atoms. The summed E-state index contributed by atoms with van der Waals surface area (Å²) in [6, 6.07) is 17.6. The molecule has 3 fully saturated rings. The molecule has 1 aliphatic carbocycles. The third-order valence-corrected chi connectivity index (χ3v) is 6.98. The Morgan fingerprint density at radius 1 is 1.07 bits per heavy atom. The smallest absolute Gasteiger partial charge is 0.233 e. The van der Waals surface area contributed by atoms with Gasteiger partial charge in [-0.05, 0) is 73.8 Å². The van der Waals surface area contributed by atoms with Crippen molar-refractivity contribution in [2.45, 2.75) is 61.9 Å². The van der Waals surface area contributed by atoms with E-state index < -0.39 is 11.2 Å². The maximum absolute atomic E-state index is 14.0. The van der Waals surface area contributed by atoms with Crippen LogP contribution in [0.2, 0.25) is 0 Å². The number of piperidine rings is 1. The van der Waals surface area contributed by atoms with Crippen LogP contribution in [0.15, 0.2) is 48.5 Å². The second-order valence-corrected chi connectivity index (χ2v) is 8.60. The van der Waals surface area contributed by atoms with Gasteiger partial charge in [0, 0.05) is 12.1 Å².